The maximum Gasteiger partial charge on any atom is 0.229 e. The largest absolute Gasteiger partial charge is 0.493 e. The number of pyridine rings is 1. The topological polar surface area (TPSA) is 88.2 Å². The molecule has 0 aliphatic carbocycles. The lowest BCUT2D eigenvalue weighted by Gasteiger charge is -2.22. The smallest absolute Gasteiger partial charge is 0.229 e. The molecule has 0 amide bonds. The molecule has 1 aliphatic heterocycles. The molecule has 1 saturated heterocycles. The maximum absolute atomic E-state index is 9.74. The Balaban J connectivity index is 1.65. The number of aromatic nitrogens is 4. The van der Waals surface area contributed by atoms with E-state index in [1.807, 2.05) is 31.2 Å². The van der Waals surface area contributed by atoms with Crippen molar-refractivity contribution in [1.82, 2.24) is 20.1 Å². The molecule has 1 unspecified atom stereocenters. The molecular weight excluding hydrogens is 306 g/mol. The predicted octanol–water partition coefficient (Wildman–Crippen LogP) is 2.88. The second kappa shape index (κ2) is 5.92. The van der Waals surface area contributed by atoms with Crippen LogP contribution in [0.3, 0.4) is 0 Å². The maximum atomic E-state index is 9.74. The fourth-order valence-electron chi connectivity index (χ4n) is 3.05. The van der Waals surface area contributed by atoms with Crippen LogP contribution in [-0.2, 0) is 0 Å². The first-order valence-electron chi connectivity index (χ1n) is 7.90. The van der Waals surface area contributed by atoms with E-state index >= 15 is 0 Å². The Morgan fingerprint density at radius 1 is 1.21 bits per heavy atom. The van der Waals surface area contributed by atoms with Crippen LogP contribution in [0, 0.1) is 6.92 Å². The van der Waals surface area contributed by atoms with Gasteiger partial charge in [0.05, 0.1) is 11.7 Å². The van der Waals surface area contributed by atoms with Crippen LogP contribution >= 0.6 is 0 Å². The van der Waals surface area contributed by atoms with Crippen LogP contribution in [0.1, 0.15) is 30.3 Å². The highest BCUT2D eigenvalue weighted by Gasteiger charge is 2.31. The number of aryl methyl sites for hydroxylation is 1. The van der Waals surface area contributed by atoms with E-state index in [1.54, 1.807) is 12.3 Å². The summed E-state index contributed by atoms with van der Waals surface area (Å²) in [4.78, 5) is 14.9. The molecule has 3 aromatic rings. The Morgan fingerprint density at radius 3 is 2.92 bits per heavy atom. The molecule has 0 saturated carbocycles. The Hall–Kier alpha value is -2.96. The number of nitrogens with zero attached hydrogens (tertiary/aromatic N) is 5. The molecule has 7 nitrogen and oxygen atoms in total. The van der Waals surface area contributed by atoms with Crippen LogP contribution in [-0.4, -0.2) is 31.8 Å². The highest BCUT2D eigenvalue weighted by atomic mass is 16.5. The molecule has 1 aliphatic rings. The first kappa shape index (κ1) is 14.6. The first-order valence-corrected chi connectivity index (χ1v) is 7.90. The summed E-state index contributed by atoms with van der Waals surface area (Å²) in [5.74, 6) is 1.26. The van der Waals surface area contributed by atoms with E-state index < -0.39 is 0 Å². The van der Waals surface area contributed by atoms with Crippen molar-refractivity contribution in [3.8, 4) is 17.3 Å². The van der Waals surface area contributed by atoms with Crippen molar-refractivity contribution in [1.29, 1.82) is 0 Å². The standard InChI is InChI=1S/C17H17N5O2/c1-11-9-16(23)20-17(19-11)22-8-4-6-14(22)15-10-13(21-24-15)12-5-2-3-7-18-12/h2-3,5,7,9-10,14H,4,6,8H2,1H3,(H,19,20,23). The van der Waals surface area contributed by atoms with Crippen LogP contribution in [0.15, 0.2) is 41.1 Å². The van der Waals surface area contributed by atoms with Crippen molar-refractivity contribution in [2.45, 2.75) is 25.8 Å². The Morgan fingerprint density at radius 2 is 2.12 bits per heavy atom. The normalized spacial score (nSPS) is 17.4. The van der Waals surface area contributed by atoms with E-state index in [1.165, 1.54) is 0 Å². The van der Waals surface area contributed by atoms with Crippen LogP contribution in [0.5, 0.6) is 5.88 Å². The third kappa shape index (κ3) is 2.68. The van der Waals surface area contributed by atoms with E-state index in [2.05, 4.69) is 25.0 Å². The van der Waals surface area contributed by atoms with E-state index in [9.17, 15) is 5.11 Å². The van der Waals surface area contributed by atoms with Gasteiger partial charge in [0.15, 0.2) is 5.76 Å². The summed E-state index contributed by atoms with van der Waals surface area (Å²) in [5, 5.41) is 13.9. The minimum atomic E-state index is -0.0186. The molecule has 122 valence electrons. The molecule has 1 N–H and O–H groups in total. The van der Waals surface area contributed by atoms with Gasteiger partial charge in [0.1, 0.15) is 5.69 Å². The summed E-state index contributed by atoms with van der Waals surface area (Å²) in [5.41, 5.74) is 2.22. The number of hydrogen-bond acceptors (Lipinski definition) is 7. The molecule has 3 aromatic heterocycles. The van der Waals surface area contributed by atoms with Gasteiger partial charge >= 0.3 is 0 Å². The Labute approximate surface area is 139 Å². The van der Waals surface area contributed by atoms with Crippen LogP contribution < -0.4 is 4.90 Å². The van der Waals surface area contributed by atoms with Crippen molar-refractivity contribution in [2.75, 3.05) is 11.4 Å². The SMILES string of the molecule is Cc1cc(O)nc(N2CCCC2c2cc(-c3ccccn3)no2)n1. The van der Waals surface area contributed by atoms with Gasteiger partial charge in [-0.05, 0) is 31.9 Å². The Bertz CT molecular complexity index is 829. The quantitative estimate of drug-likeness (QED) is 0.792. The van der Waals surface area contributed by atoms with Gasteiger partial charge in [-0.25, -0.2) is 4.98 Å². The fourth-order valence-corrected chi connectivity index (χ4v) is 3.05. The van der Waals surface area contributed by atoms with Crippen molar-refractivity contribution in [2.24, 2.45) is 0 Å². The van der Waals surface area contributed by atoms with E-state index in [0.717, 1.165) is 36.5 Å². The van der Waals surface area contributed by atoms with Gasteiger partial charge in [-0.3, -0.25) is 4.98 Å². The zero-order valence-corrected chi connectivity index (χ0v) is 13.3. The number of aromatic hydroxyl groups is 1. The predicted molar refractivity (Wildman–Crippen MR) is 87.5 cm³/mol. The van der Waals surface area contributed by atoms with Crippen molar-refractivity contribution in [3.63, 3.8) is 0 Å². The van der Waals surface area contributed by atoms with Crippen LogP contribution in [0.4, 0.5) is 5.95 Å². The minimum absolute atomic E-state index is 0.0103. The Kier molecular flexibility index (Phi) is 3.60. The van der Waals surface area contributed by atoms with Gasteiger partial charge in [0.25, 0.3) is 0 Å². The summed E-state index contributed by atoms with van der Waals surface area (Å²) in [6, 6.07) is 9.15. The second-order valence-corrected chi connectivity index (χ2v) is 5.85. The van der Waals surface area contributed by atoms with Crippen molar-refractivity contribution < 1.29 is 9.63 Å². The lowest BCUT2D eigenvalue weighted by molar-refractivity contribution is 0.361. The summed E-state index contributed by atoms with van der Waals surface area (Å²) in [6.07, 6.45) is 3.66. The first-order chi connectivity index (χ1) is 11.7. The van der Waals surface area contributed by atoms with Gasteiger partial charge < -0.3 is 14.5 Å². The molecule has 1 atom stereocenters. The summed E-state index contributed by atoms with van der Waals surface area (Å²) in [6.45, 7) is 2.65. The monoisotopic (exact) mass is 323 g/mol. The number of hydrogen-bond donors (Lipinski definition) is 1. The summed E-state index contributed by atoms with van der Waals surface area (Å²) >= 11 is 0. The molecule has 1 fully saturated rings. The molecule has 24 heavy (non-hydrogen) atoms. The number of anilines is 1. The molecule has 4 rings (SSSR count). The zero-order chi connectivity index (χ0) is 16.5. The van der Waals surface area contributed by atoms with Gasteiger partial charge in [-0.1, -0.05) is 11.2 Å². The molecule has 0 bridgehead atoms. The molecule has 0 spiro atoms. The van der Waals surface area contributed by atoms with E-state index in [-0.39, 0.29) is 11.9 Å². The molecule has 4 heterocycles. The average molecular weight is 323 g/mol. The fraction of sp³-hybridized carbons (Fsp3) is 0.294. The molecule has 0 radical (unpaired) electrons. The number of rotatable bonds is 3. The lowest BCUT2D eigenvalue weighted by Crippen LogP contribution is -2.24. The molecule has 0 aromatic carbocycles. The lowest BCUT2D eigenvalue weighted by atomic mass is 10.1. The van der Waals surface area contributed by atoms with Crippen molar-refractivity contribution in [3.05, 3.63) is 48.0 Å². The molecular formula is C17H17N5O2. The third-order valence-electron chi connectivity index (χ3n) is 4.12. The molecule has 7 heteroatoms. The van der Waals surface area contributed by atoms with Gasteiger partial charge in [0.2, 0.25) is 11.8 Å². The van der Waals surface area contributed by atoms with Gasteiger partial charge in [-0.2, -0.15) is 4.98 Å². The van der Waals surface area contributed by atoms with Crippen LogP contribution in [0.2, 0.25) is 0 Å². The summed E-state index contributed by atoms with van der Waals surface area (Å²) < 4.78 is 5.57. The highest BCUT2D eigenvalue weighted by molar-refractivity contribution is 5.54. The van der Waals surface area contributed by atoms with Gasteiger partial charge in [0, 0.05) is 30.6 Å². The third-order valence-corrected chi connectivity index (χ3v) is 4.12. The zero-order valence-electron chi connectivity index (χ0n) is 13.3. The van der Waals surface area contributed by atoms with Gasteiger partial charge in [-0.15, -0.1) is 0 Å². The summed E-state index contributed by atoms with van der Waals surface area (Å²) in [7, 11) is 0. The second-order valence-electron chi connectivity index (χ2n) is 5.85. The minimum Gasteiger partial charge on any atom is -0.493 e. The average Bonchev–Trinajstić information content (AvgIpc) is 3.24. The van der Waals surface area contributed by atoms with Crippen molar-refractivity contribution >= 4 is 5.95 Å². The van der Waals surface area contributed by atoms with Crippen LogP contribution in [0.25, 0.3) is 11.4 Å². The van der Waals surface area contributed by atoms with E-state index in [0.29, 0.717) is 11.6 Å². The van der Waals surface area contributed by atoms with E-state index in [4.69, 9.17) is 4.52 Å². The highest BCUT2D eigenvalue weighted by Crippen LogP contribution is 2.36.